The Morgan fingerprint density at radius 3 is 1.76 bits per heavy atom. The van der Waals surface area contributed by atoms with Gasteiger partial charge in [0, 0.05) is 27.6 Å². The summed E-state index contributed by atoms with van der Waals surface area (Å²) in [6, 6.07) is 41.0. The predicted octanol–water partition coefficient (Wildman–Crippen LogP) is 10.3. The van der Waals surface area contributed by atoms with Gasteiger partial charge < -0.3 is 8.83 Å². The topological polar surface area (TPSA) is 26.3 Å². The third kappa shape index (κ3) is 3.19. The minimum absolute atomic E-state index is 0.848. The van der Waals surface area contributed by atoms with Crippen LogP contribution in [0.15, 0.2) is 124 Å². The molecule has 0 aliphatic rings. The molecule has 2 nitrogen and oxygen atoms in total. The average Bonchev–Trinajstić information content (AvgIpc) is 3.48. The first-order valence-electron chi connectivity index (χ1n) is 12.6. The molecule has 0 saturated heterocycles. The fourth-order valence-electron chi connectivity index (χ4n) is 5.59. The minimum atomic E-state index is 0.848. The molecule has 0 unspecified atom stereocenters. The molecule has 0 aliphatic carbocycles. The van der Waals surface area contributed by atoms with E-state index in [4.69, 9.17) is 8.83 Å². The van der Waals surface area contributed by atoms with Crippen molar-refractivity contribution in [1.29, 1.82) is 0 Å². The number of furan rings is 2. The van der Waals surface area contributed by atoms with Crippen LogP contribution in [0, 0.1) is 6.92 Å². The quantitative estimate of drug-likeness (QED) is 0.249. The highest BCUT2D eigenvalue weighted by Crippen LogP contribution is 2.38. The highest BCUT2D eigenvalue weighted by Gasteiger charge is 2.14. The number of hydrogen-bond acceptors (Lipinski definition) is 2. The Labute approximate surface area is 213 Å². The number of benzene rings is 6. The zero-order valence-corrected chi connectivity index (χ0v) is 20.3. The largest absolute Gasteiger partial charge is 0.456 e. The zero-order valence-electron chi connectivity index (χ0n) is 20.3. The van der Waals surface area contributed by atoms with Crippen LogP contribution in [0.25, 0.3) is 76.9 Å². The molecule has 0 fully saturated rings. The van der Waals surface area contributed by atoms with Gasteiger partial charge >= 0.3 is 0 Å². The Morgan fingerprint density at radius 2 is 0.973 bits per heavy atom. The summed E-state index contributed by atoms with van der Waals surface area (Å²) >= 11 is 0. The summed E-state index contributed by atoms with van der Waals surface area (Å²) in [7, 11) is 0. The molecule has 0 N–H and O–H groups in total. The molecule has 0 bridgehead atoms. The molecule has 0 radical (unpaired) electrons. The van der Waals surface area contributed by atoms with Crippen LogP contribution in [0.2, 0.25) is 0 Å². The average molecular weight is 475 g/mol. The summed E-state index contributed by atoms with van der Waals surface area (Å²) in [5.74, 6) is 0. The smallest absolute Gasteiger partial charge is 0.139 e. The Balaban J connectivity index is 1.28. The van der Waals surface area contributed by atoms with E-state index in [1.54, 1.807) is 0 Å². The molecule has 0 aliphatic heterocycles. The molecule has 0 saturated carbocycles. The zero-order chi connectivity index (χ0) is 24.5. The molecule has 8 rings (SSSR count). The second kappa shape index (κ2) is 7.59. The highest BCUT2D eigenvalue weighted by molar-refractivity contribution is 6.15. The molecule has 2 heteroatoms. The Morgan fingerprint density at radius 1 is 0.378 bits per heavy atom. The van der Waals surface area contributed by atoms with E-state index in [-0.39, 0.29) is 0 Å². The number of aryl methyl sites for hydroxylation is 1. The number of rotatable bonds is 2. The maximum atomic E-state index is 6.25. The Hall–Kier alpha value is -4.82. The monoisotopic (exact) mass is 474 g/mol. The summed E-state index contributed by atoms with van der Waals surface area (Å²) in [5.41, 5.74) is 9.51. The van der Waals surface area contributed by atoms with Gasteiger partial charge in [-0.25, -0.2) is 0 Å². The minimum Gasteiger partial charge on any atom is -0.456 e. The van der Waals surface area contributed by atoms with Crippen LogP contribution in [0.1, 0.15) is 5.56 Å². The van der Waals surface area contributed by atoms with Crippen LogP contribution in [-0.2, 0) is 0 Å². The van der Waals surface area contributed by atoms with Gasteiger partial charge in [-0.15, -0.1) is 0 Å². The summed E-state index contributed by atoms with van der Waals surface area (Å²) < 4.78 is 12.4. The van der Waals surface area contributed by atoms with E-state index >= 15 is 0 Å². The van der Waals surface area contributed by atoms with Crippen LogP contribution >= 0.6 is 0 Å². The molecule has 2 aromatic heterocycles. The summed E-state index contributed by atoms with van der Waals surface area (Å²) in [5, 5.41) is 7.01. The standard InChI is InChI=1S/C35H22O2/c1-21-9-13-32-28(15-21)30-19-31-29-18-27(12-14-33(29)37-35(31)20-34(30)36-32)25-8-4-7-24(17-25)26-11-10-22-5-2-3-6-23(22)16-26/h2-20H,1H3. The van der Waals surface area contributed by atoms with Crippen molar-refractivity contribution in [1.82, 2.24) is 0 Å². The van der Waals surface area contributed by atoms with Gasteiger partial charge in [-0.1, -0.05) is 72.3 Å². The van der Waals surface area contributed by atoms with Crippen molar-refractivity contribution in [3.8, 4) is 22.3 Å². The van der Waals surface area contributed by atoms with Crippen molar-refractivity contribution in [2.45, 2.75) is 6.92 Å². The summed E-state index contributed by atoms with van der Waals surface area (Å²) in [4.78, 5) is 0. The van der Waals surface area contributed by atoms with Gasteiger partial charge in [0.2, 0.25) is 0 Å². The van der Waals surface area contributed by atoms with Crippen molar-refractivity contribution in [3.63, 3.8) is 0 Å². The van der Waals surface area contributed by atoms with E-state index in [9.17, 15) is 0 Å². The fourth-order valence-corrected chi connectivity index (χ4v) is 5.59. The Bertz CT molecular complexity index is 2160. The second-order valence-corrected chi connectivity index (χ2v) is 9.90. The van der Waals surface area contributed by atoms with E-state index in [2.05, 4.69) is 110 Å². The van der Waals surface area contributed by atoms with Crippen molar-refractivity contribution in [2.24, 2.45) is 0 Å². The van der Waals surface area contributed by atoms with Gasteiger partial charge in [0.05, 0.1) is 0 Å². The van der Waals surface area contributed by atoms with Gasteiger partial charge in [0.15, 0.2) is 0 Å². The molecule has 6 aromatic carbocycles. The second-order valence-electron chi connectivity index (χ2n) is 9.90. The van der Waals surface area contributed by atoms with Crippen molar-refractivity contribution >= 4 is 54.6 Å². The SMILES string of the molecule is Cc1ccc2oc3cc4oc5ccc(-c6cccc(-c7ccc8ccccc8c7)c6)cc5c4cc3c2c1. The first-order valence-corrected chi connectivity index (χ1v) is 12.6. The van der Waals surface area contributed by atoms with Gasteiger partial charge in [-0.2, -0.15) is 0 Å². The van der Waals surface area contributed by atoms with Crippen molar-refractivity contribution in [2.75, 3.05) is 0 Å². The lowest BCUT2D eigenvalue weighted by Gasteiger charge is -2.08. The maximum absolute atomic E-state index is 6.25. The fraction of sp³-hybridized carbons (Fsp3) is 0.0286. The van der Waals surface area contributed by atoms with Crippen molar-refractivity contribution < 1.29 is 8.83 Å². The van der Waals surface area contributed by atoms with Crippen molar-refractivity contribution in [3.05, 3.63) is 121 Å². The lowest BCUT2D eigenvalue weighted by Crippen LogP contribution is -1.82. The molecule has 0 atom stereocenters. The van der Waals surface area contributed by atoms with Crippen LogP contribution in [0.3, 0.4) is 0 Å². The van der Waals surface area contributed by atoms with Gasteiger partial charge in [0.25, 0.3) is 0 Å². The van der Waals surface area contributed by atoms with Gasteiger partial charge in [-0.05, 0) is 82.4 Å². The lowest BCUT2D eigenvalue weighted by molar-refractivity contribution is 0.656. The summed E-state index contributed by atoms with van der Waals surface area (Å²) in [6.45, 7) is 2.11. The third-order valence-electron chi connectivity index (χ3n) is 7.50. The molecular formula is C35H22O2. The van der Waals surface area contributed by atoms with Gasteiger partial charge in [0.1, 0.15) is 22.3 Å². The third-order valence-corrected chi connectivity index (χ3v) is 7.50. The highest BCUT2D eigenvalue weighted by atomic mass is 16.3. The first kappa shape index (κ1) is 20.4. The number of hydrogen-bond donors (Lipinski definition) is 0. The van der Waals surface area contributed by atoms with E-state index in [1.807, 2.05) is 12.1 Å². The van der Waals surface area contributed by atoms with Gasteiger partial charge in [-0.3, -0.25) is 0 Å². The van der Waals surface area contributed by atoms with E-state index in [0.717, 1.165) is 43.9 Å². The van der Waals surface area contributed by atoms with E-state index < -0.39 is 0 Å². The first-order chi connectivity index (χ1) is 18.2. The number of fused-ring (bicyclic) bond motifs is 7. The molecular weight excluding hydrogens is 452 g/mol. The Kier molecular flexibility index (Phi) is 4.18. The summed E-state index contributed by atoms with van der Waals surface area (Å²) in [6.07, 6.45) is 0. The molecule has 0 spiro atoms. The van der Waals surface area contributed by atoms with Crippen LogP contribution in [-0.4, -0.2) is 0 Å². The molecule has 8 aromatic rings. The predicted molar refractivity (Wildman–Crippen MR) is 154 cm³/mol. The van der Waals surface area contributed by atoms with E-state index in [1.165, 1.54) is 38.6 Å². The van der Waals surface area contributed by atoms with Crippen LogP contribution in [0.5, 0.6) is 0 Å². The maximum Gasteiger partial charge on any atom is 0.139 e. The van der Waals surface area contributed by atoms with E-state index in [0.29, 0.717) is 0 Å². The van der Waals surface area contributed by atoms with Crippen LogP contribution in [0.4, 0.5) is 0 Å². The lowest BCUT2D eigenvalue weighted by atomic mass is 9.96. The van der Waals surface area contributed by atoms with Crippen LogP contribution < -0.4 is 0 Å². The molecule has 37 heavy (non-hydrogen) atoms. The normalized spacial score (nSPS) is 11.9. The molecule has 0 amide bonds. The molecule has 2 heterocycles. The molecule has 174 valence electrons.